The van der Waals surface area contributed by atoms with Gasteiger partial charge in [0.05, 0.1) is 13.2 Å². The van der Waals surface area contributed by atoms with Crippen molar-refractivity contribution in [3.63, 3.8) is 0 Å². The van der Waals surface area contributed by atoms with Crippen LogP contribution in [0, 0.1) is 0 Å². The Hall–Kier alpha value is -2.69. The smallest absolute Gasteiger partial charge is 0.258 e. The minimum Gasteiger partial charge on any atom is -0.493 e. The van der Waals surface area contributed by atoms with Crippen molar-refractivity contribution in [1.29, 1.82) is 0 Å². The molecule has 2 aromatic carbocycles. The summed E-state index contributed by atoms with van der Waals surface area (Å²) in [6.45, 7) is 3.97. The second-order valence-corrected chi connectivity index (χ2v) is 6.66. The van der Waals surface area contributed by atoms with E-state index in [9.17, 15) is 4.79 Å². The largest absolute Gasteiger partial charge is 0.493 e. The normalized spacial score (nSPS) is 17.8. The third-order valence-electron chi connectivity index (χ3n) is 4.14. The van der Waals surface area contributed by atoms with Crippen LogP contribution in [-0.2, 0) is 4.79 Å². The number of amides is 1. The third-order valence-corrected chi connectivity index (χ3v) is 4.14. The number of methoxy groups -OCH3 is 1. The number of rotatable bonds is 5. The van der Waals surface area contributed by atoms with Gasteiger partial charge in [0.1, 0.15) is 11.4 Å². The molecule has 0 saturated heterocycles. The minimum atomic E-state index is -0.337. The first-order valence-corrected chi connectivity index (χ1v) is 8.31. The van der Waals surface area contributed by atoms with Crippen molar-refractivity contribution in [3.05, 3.63) is 54.1 Å². The van der Waals surface area contributed by atoms with Crippen LogP contribution in [-0.4, -0.2) is 25.2 Å². The van der Waals surface area contributed by atoms with Crippen molar-refractivity contribution in [2.45, 2.75) is 31.9 Å². The van der Waals surface area contributed by atoms with Crippen molar-refractivity contribution in [2.75, 3.05) is 13.7 Å². The molecule has 1 atom stereocenters. The second-order valence-electron chi connectivity index (χ2n) is 6.66. The first kappa shape index (κ1) is 17.1. The molecule has 0 radical (unpaired) electrons. The molecule has 1 heterocycles. The molecule has 0 spiro atoms. The molecule has 5 nitrogen and oxygen atoms in total. The molecule has 0 bridgehead atoms. The summed E-state index contributed by atoms with van der Waals surface area (Å²) in [5.74, 6) is 1.79. The van der Waals surface area contributed by atoms with Crippen LogP contribution in [0.2, 0.25) is 0 Å². The lowest BCUT2D eigenvalue weighted by Crippen LogP contribution is -2.42. The summed E-state index contributed by atoms with van der Waals surface area (Å²) < 4.78 is 16.8. The summed E-state index contributed by atoms with van der Waals surface area (Å²) >= 11 is 0. The van der Waals surface area contributed by atoms with Crippen LogP contribution in [0.15, 0.2) is 48.5 Å². The van der Waals surface area contributed by atoms with Crippen molar-refractivity contribution in [3.8, 4) is 17.2 Å². The average molecular weight is 341 g/mol. The predicted octanol–water partition coefficient (Wildman–Crippen LogP) is 3.49. The van der Waals surface area contributed by atoms with Crippen LogP contribution < -0.4 is 19.5 Å². The fourth-order valence-corrected chi connectivity index (χ4v) is 3.05. The monoisotopic (exact) mass is 341 g/mol. The zero-order valence-corrected chi connectivity index (χ0v) is 14.7. The third kappa shape index (κ3) is 4.05. The van der Waals surface area contributed by atoms with Crippen molar-refractivity contribution in [1.82, 2.24) is 5.32 Å². The number of nitrogens with one attached hydrogen (secondary N) is 1. The summed E-state index contributed by atoms with van der Waals surface area (Å²) in [6, 6.07) is 15.0. The van der Waals surface area contributed by atoms with E-state index in [2.05, 4.69) is 5.32 Å². The van der Waals surface area contributed by atoms with Crippen LogP contribution >= 0.6 is 0 Å². The Kier molecular flexibility index (Phi) is 4.83. The quantitative estimate of drug-likeness (QED) is 0.904. The lowest BCUT2D eigenvalue weighted by atomic mass is 9.90. The Morgan fingerprint density at radius 2 is 1.84 bits per heavy atom. The molecule has 1 N–H and O–H groups in total. The van der Waals surface area contributed by atoms with Gasteiger partial charge in [-0.3, -0.25) is 4.79 Å². The molecule has 2 aromatic rings. The van der Waals surface area contributed by atoms with Crippen LogP contribution in [0.4, 0.5) is 0 Å². The van der Waals surface area contributed by atoms with Crippen molar-refractivity contribution in [2.24, 2.45) is 0 Å². The molecule has 25 heavy (non-hydrogen) atoms. The first-order valence-electron chi connectivity index (χ1n) is 8.31. The summed E-state index contributed by atoms with van der Waals surface area (Å²) in [7, 11) is 1.57. The Bertz CT molecular complexity index is 757. The second kappa shape index (κ2) is 7.05. The number of benzene rings is 2. The van der Waals surface area contributed by atoms with Gasteiger partial charge in [-0.25, -0.2) is 0 Å². The molecular weight excluding hydrogens is 318 g/mol. The zero-order chi connectivity index (χ0) is 17.9. The summed E-state index contributed by atoms with van der Waals surface area (Å²) in [6.07, 6.45) is 0.699. The maximum atomic E-state index is 12.4. The van der Waals surface area contributed by atoms with Crippen LogP contribution in [0.1, 0.15) is 31.9 Å². The highest BCUT2D eigenvalue weighted by atomic mass is 16.5. The van der Waals surface area contributed by atoms with Crippen LogP contribution in [0.25, 0.3) is 0 Å². The van der Waals surface area contributed by atoms with Crippen LogP contribution in [0.5, 0.6) is 17.2 Å². The highest BCUT2D eigenvalue weighted by Gasteiger charge is 2.34. The van der Waals surface area contributed by atoms with Gasteiger partial charge in [-0.2, -0.15) is 0 Å². The fraction of sp³-hybridized carbons (Fsp3) is 0.350. The number of hydrogen-bond donors (Lipinski definition) is 1. The van der Waals surface area contributed by atoms with Gasteiger partial charge in [0, 0.05) is 12.0 Å². The zero-order valence-electron chi connectivity index (χ0n) is 14.7. The number of fused-ring (bicyclic) bond motifs is 1. The molecule has 0 unspecified atom stereocenters. The van der Waals surface area contributed by atoms with E-state index in [1.807, 2.05) is 50.2 Å². The Labute approximate surface area is 147 Å². The molecule has 5 heteroatoms. The fourth-order valence-electron chi connectivity index (χ4n) is 3.05. The summed E-state index contributed by atoms with van der Waals surface area (Å²) in [5.41, 5.74) is 0.656. The number of carbonyl (C=O) groups is 1. The maximum Gasteiger partial charge on any atom is 0.258 e. The standard InChI is InChI=1S/C20H23NO4/c1-20(2)12-15(14-8-4-5-9-16(14)25-20)21-19(22)13-24-18-11-7-6-10-17(18)23-3/h4-11,15H,12-13H2,1-3H3,(H,21,22)/t15-/m1/s1. The number of ether oxygens (including phenoxy) is 3. The Balaban J connectivity index is 1.67. The van der Waals surface area contributed by atoms with Gasteiger partial charge >= 0.3 is 0 Å². The molecule has 3 rings (SSSR count). The number of para-hydroxylation sites is 3. The minimum absolute atomic E-state index is 0.0691. The van der Waals surface area contributed by atoms with Gasteiger partial charge in [-0.15, -0.1) is 0 Å². The highest BCUT2D eigenvalue weighted by molar-refractivity contribution is 5.78. The van der Waals surface area contributed by atoms with Crippen LogP contribution in [0.3, 0.4) is 0 Å². The van der Waals surface area contributed by atoms with Gasteiger partial charge in [0.2, 0.25) is 0 Å². The first-order chi connectivity index (χ1) is 12.0. The van der Waals surface area contributed by atoms with E-state index in [4.69, 9.17) is 14.2 Å². The molecule has 1 aliphatic heterocycles. The van der Waals surface area contributed by atoms with E-state index in [1.54, 1.807) is 19.2 Å². The van der Waals surface area contributed by atoms with E-state index in [0.717, 1.165) is 11.3 Å². The Morgan fingerprint density at radius 3 is 2.60 bits per heavy atom. The van der Waals surface area contributed by atoms with E-state index >= 15 is 0 Å². The topological polar surface area (TPSA) is 56.8 Å². The number of carbonyl (C=O) groups excluding carboxylic acids is 1. The lowest BCUT2D eigenvalue weighted by molar-refractivity contribution is -0.124. The molecule has 0 fully saturated rings. The molecule has 0 aromatic heterocycles. The predicted molar refractivity (Wildman–Crippen MR) is 95.1 cm³/mol. The average Bonchev–Trinajstić information content (AvgIpc) is 2.59. The molecule has 1 aliphatic rings. The Morgan fingerprint density at radius 1 is 1.16 bits per heavy atom. The SMILES string of the molecule is COc1ccccc1OCC(=O)N[C@@H]1CC(C)(C)Oc2ccccc21. The molecule has 0 saturated carbocycles. The highest BCUT2D eigenvalue weighted by Crippen LogP contribution is 2.39. The van der Waals surface area contributed by atoms with Crippen molar-refractivity contribution >= 4 is 5.91 Å². The number of hydrogen-bond acceptors (Lipinski definition) is 4. The molecular formula is C20H23NO4. The van der Waals surface area contributed by atoms with E-state index < -0.39 is 0 Å². The maximum absolute atomic E-state index is 12.4. The van der Waals surface area contributed by atoms with Gasteiger partial charge < -0.3 is 19.5 Å². The van der Waals surface area contributed by atoms with E-state index in [-0.39, 0.29) is 24.2 Å². The van der Waals surface area contributed by atoms with E-state index in [1.165, 1.54) is 0 Å². The van der Waals surface area contributed by atoms with Gasteiger partial charge in [-0.1, -0.05) is 30.3 Å². The lowest BCUT2D eigenvalue weighted by Gasteiger charge is -2.37. The summed E-state index contributed by atoms with van der Waals surface area (Å²) in [5, 5.41) is 3.05. The molecule has 132 valence electrons. The van der Waals surface area contributed by atoms with Gasteiger partial charge in [0.15, 0.2) is 18.1 Å². The van der Waals surface area contributed by atoms with Gasteiger partial charge in [0.25, 0.3) is 5.91 Å². The molecule has 0 aliphatic carbocycles. The van der Waals surface area contributed by atoms with Gasteiger partial charge in [-0.05, 0) is 32.0 Å². The summed E-state index contributed by atoms with van der Waals surface area (Å²) in [4.78, 5) is 12.4. The van der Waals surface area contributed by atoms with E-state index in [0.29, 0.717) is 17.9 Å². The van der Waals surface area contributed by atoms with Crippen molar-refractivity contribution < 1.29 is 19.0 Å². The molecule has 1 amide bonds.